The molecule has 1 aliphatic carbocycles. The highest BCUT2D eigenvalue weighted by molar-refractivity contribution is 5.60. The van der Waals surface area contributed by atoms with Crippen LogP contribution in [0.3, 0.4) is 0 Å². The predicted octanol–water partition coefficient (Wildman–Crippen LogP) is 3.11. The average Bonchev–Trinajstić information content (AvgIpc) is 2.65. The first-order valence-corrected chi connectivity index (χ1v) is 7.01. The number of anilines is 1. The van der Waals surface area contributed by atoms with Crippen molar-refractivity contribution in [3.8, 4) is 0 Å². The Morgan fingerprint density at radius 1 is 1.53 bits per heavy atom. The minimum atomic E-state index is -0.330. The molecule has 1 aromatic rings. The monoisotopic (exact) mass is 266 g/mol. The molecule has 1 saturated carbocycles. The van der Waals surface area contributed by atoms with Gasteiger partial charge in [0.05, 0.1) is 4.92 Å². The van der Waals surface area contributed by atoms with Crippen LogP contribution in [0.15, 0.2) is 0 Å². The molecule has 6 heteroatoms. The van der Waals surface area contributed by atoms with Crippen molar-refractivity contribution in [2.45, 2.75) is 59.0 Å². The maximum atomic E-state index is 11.2. The number of aromatic nitrogens is 2. The first kappa shape index (κ1) is 13.8. The second-order valence-corrected chi connectivity index (χ2v) is 5.47. The van der Waals surface area contributed by atoms with Gasteiger partial charge in [-0.25, -0.2) is 4.68 Å². The van der Waals surface area contributed by atoms with Gasteiger partial charge in [0.2, 0.25) is 5.82 Å². The van der Waals surface area contributed by atoms with Crippen molar-refractivity contribution in [1.82, 2.24) is 9.78 Å². The van der Waals surface area contributed by atoms with Crippen LogP contribution in [0.5, 0.6) is 0 Å². The topological polar surface area (TPSA) is 73.0 Å². The van der Waals surface area contributed by atoms with Crippen molar-refractivity contribution in [1.29, 1.82) is 0 Å². The summed E-state index contributed by atoms with van der Waals surface area (Å²) in [5.74, 6) is 1.26. The van der Waals surface area contributed by atoms with Gasteiger partial charge < -0.3 is 5.32 Å². The molecule has 6 nitrogen and oxygen atoms in total. The van der Waals surface area contributed by atoms with Crippen molar-refractivity contribution in [2.24, 2.45) is 5.92 Å². The molecule has 0 aromatic carbocycles. The first-order valence-electron chi connectivity index (χ1n) is 7.01. The largest absolute Gasteiger partial charge is 0.362 e. The lowest BCUT2D eigenvalue weighted by molar-refractivity contribution is -0.384. The van der Waals surface area contributed by atoms with Crippen molar-refractivity contribution < 1.29 is 4.92 Å². The van der Waals surface area contributed by atoms with Crippen molar-refractivity contribution in [2.75, 3.05) is 5.32 Å². The van der Waals surface area contributed by atoms with E-state index in [-0.39, 0.29) is 10.6 Å². The molecule has 0 radical (unpaired) electrons. The predicted molar refractivity (Wildman–Crippen MR) is 74.3 cm³/mol. The zero-order valence-electron chi connectivity index (χ0n) is 11.8. The van der Waals surface area contributed by atoms with E-state index in [0.29, 0.717) is 30.0 Å². The number of aryl methyl sites for hydroxylation is 2. The summed E-state index contributed by atoms with van der Waals surface area (Å²) in [6.45, 7) is 6.52. The molecular weight excluding hydrogens is 244 g/mol. The van der Waals surface area contributed by atoms with E-state index in [9.17, 15) is 10.1 Å². The normalized spacial score (nSPS) is 23.3. The molecule has 1 heterocycles. The maximum Gasteiger partial charge on any atom is 0.333 e. The molecule has 1 aliphatic rings. The Kier molecular flexibility index (Phi) is 4.07. The van der Waals surface area contributed by atoms with E-state index < -0.39 is 0 Å². The average molecular weight is 266 g/mol. The smallest absolute Gasteiger partial charge is 0.333 e. The molecule has 0 spiro atoms. The van der Waals surface area contributed by atoms with E-state index in [1.807, 2.05) is 6.92 Å². The minimum Gasteiger partial charge on any atom is -0.362 e. The molecule has 0 aliphatic heterocycles. The van der Waals surface area contributed by atoms with Gasteiger partial charge in [0.25, 0.3) is 0 Å². The Hall–Kier alpha value is -1.59. The number of hydrogen-bond donors (Lipinski definition) is 1. The van der Waals surface area contributed by atoms with Crippen LogP contribution in [0.1, 0.15) is 45.2 Å². The molecule has 0 bridgehead atoms. The van der Waals surface area contributed by atoms with Gasteiger partial charge >= 0.3 is 5.69 Å². The summed E-state index contributed by atoms with van der Waals surface area (Å²) in [6, 6.07) is 0.323. The van der Waals surface area contributed by atoms with Gasteiger partial charge in [-0.1, -0.05) is 19.8 Å². The van der Waals surface area contributed by atoms with E-state index in [0.717, 1.165) is 12.8 Å². The quantitative estimate of drug-likeness (QED) is 0.671. The molecular formula is C13H22N4O2. The number of nitro groups is 1. The van der Waals surface area contributed by atoms with Crippen LogP contribution in [0.25, 0.3) is 0 Å². The van der Waals surface area contributed by atoms with Crippen LogP contribution < -0.4 is 5.32 Å². The molecule has 0 amide bonds. The third-order valence-electron chi connectivity index (χ3n) is 3.86. The Balaban J connectivity index is 2.25. The molecule has 2 rings (SSSR count). The van der Waals surface area contributed by atoms with Crippen LogP contribution in [0, 0.1) is 23.0 Å². The van der Waals surface area contributed by atoms with E-state index >= 15 is 0 Å². The number of rotatable bonds is 4. The van der Waals surface area contributed by atoms with E-state index in [1.165, 1.54) is 12.8 Å². The highest BCUT2D eigenvalue weighted by Crippen LogP contribution is 2.32. The highest BCUT2D eigenvalue weighted by atomic mass is 16.6. The second-order valence-electron chi connectivity index (χ2n) is 5.47. The van der Waals surface area contributed by atoms with E-state index in [4.69, 9.17) is 0 Å². The first-order chi connectivity index (χ1) is 9.02. The SMILES string of the molecule is CCn1nc(C)c([N+](=O)[O-])c1NC1CCCC(C)C1. The van der Waals surface area contributed by atoms with Crippen LogP contribution in [0.2, 0.25) is 0 Å². The summed E-state index contributed by atoms with van der Waals surface area (Å²) >= 11 is 0. The molecule has 2 atom stereocenters. The number of hydrogen-bond acceptors (Lipinski definition) is 4. The van der Waals surface area contributed by atoms with Gasteiger partial charge in [0.1, 0.15) is 5.69 Å². The van der Waals surface area contributed by atoms with Crippen LogP contribution in [-0.2, 0) is 6.54 Å². The lowest BCUT2D eigenvalue weighted by Gasteiger charge is -2.28. The Morgan fingerprint density at radius 2 is 2.26 bits per heavy atom. The summed E-state index contributed by atoms with van der Waals surface area (Å²) in [5, 5.41) is 18.8. The summed E-state index contributed by atoms with van der Waals surface area (Å²) in [6.07, 6.45) is 4.60. The lowest BCUT2D eigenvalue weighted by atomic mass is 9.87. The third kappa shape index (κ3) is 2.88. The molecule has 0 saturated heterocycles. The molecule has 2 unspecified atom stereocenters. The Labute approximate surface area is 113 Å². The molecule has 106 valence electrons. The van der Waals surface area contributed by atoms with Gasteiger partial charge in [-0.05, 0) is 32.6 Å². The van der Waals surface area contributed by atoms with Gasteiger partial charge in [-0.15, -0.1) is 0 Å². The van der Waals surface area contributed by atoms with Crippen molar-refractivity contribution >= 4 is 11.5 Å². The van der Waals surface area contributed by atoms with Gasteiger partial charge in [0, 0.05) is 12.6 Å². The molecule has 1 aromatic heterocycles. The van der Waals surface area contributed by atoms with Gasteiger partial charge in [-0.2, -0.15) is 5.10 Å². The van der Waals surface area contributed by atoms with E-state index in [2.05, 4.69) is 17.3 Å². The zero-order valence-corrected chi connectivity index (χ0v) is 11.8. The summed E-state index contributed by atoms with van der Waals surface area (Å²) in [5.41, 5.74) is 0.610. The number of nitrogens with one attached hydrogen (secondary N) is 1. The maximum absolute atomic E-state index is 11.2. The molecule has 19 heavy (non-hydrogen) atoms. The summed E-state index contributed by atoms with van der Waals surface area (Å²) < 4.78 is 1.70. The fourth-order valence-corrected chi connectivity index (χ4v) is 2.92. The fourth-order valence-electron chi connectivity index (χ4n) is 2.92. The third-order valence-corrected chi connectivity index (χ3v) is 3.86. The van der Waals surface area contributed by atoms with Crippen molar-refractivity contribution in [3.05, 3.63) is 15.8 Å². The zero-order chi connectivity index (χ0) is 14.0. The van der Waals surface area contributed by atoms with Crippen LogP contribution >= 0.6 is 0 Å². The van der Waals surface area contributed by atoms with Crippen molar-refractivity contribution in [3.63, 3.8) is 0 Å². The highest BCUT2D eigenvalue weighted by Gasteiger charge is 2.28. The molecule has 1 N–H and O–H groups in total. The minimum absolute atomic E-state index is 0.125. The van der Waals surface area contributed by atoms with Gasteiger partial charge in [0.15, 0.2) is 0 Å². The summed E-state index contributed by atoms with van der Waals surface area (Å²) in [4.78, 5) is 10.9. The van der Waals surface area contributed by atoms with Gasteiger partial charge in [-0.3, -0.25) is 10.1 Å². The van der Waals surface area contributed by atoms with Crippen LogP contribution in [0.4, 0.5) is 11.5 Å². The Bertz CT molecular complexity index is 469. The Morgan fingerprint density at radius 3 is 2.84 bits per heavy atom. The fraction of sp³-hybridized carbons (Fsp3) is 0.769. The lowest BCUT2D eigenvalue weighted by Crippen LogP contribution is -2.27. The van der Waals surface area contributed by atoms with Crippen LogP contribution in [-0.4, -0.2) is 20.7 Å². The standard InChI is InChI=1S/C13H22N4O2/c1-4-16-13(12(17(18)19)10(3)15-16)14-11-7-5-6-9(2)8-11/h9,11,14H,4-8H2,1-3H3. The molecule has 1 fully saturated rings. The second kappa shape index (κ2) is 5.59. The number of nitrogens with zero attached hydrogens (tertiary/aromatic N) is 3. The summed E-state index contributed by atoms with van der Waals surface area (Å²) in [7, 11) is 0. The van der Waals surface area contributed by atoms with E-state index in [1.54, 1.807) is 11.6 Å².